The van der Waals surface area contributed by atoms with Crippen molar-refractivity contribution in [3.63, 3.8) is 0 Å². The van der Waals surface area contributed by atoms with Gasteiger partial charge in [0.05, 0.1) is 0 Å². The molecule has 1 aromatic heterocycles. The van der Waals surface area contributed by atoms with Crippen LogP contribution in [-0.4, -0.2) is 17.0 Å². The fourth-order valence-corrected chi connectivity index (χ4v) is 2.94. The van der Waals surface area contributed by atoms with Gasteiger partial charge >= 0.3 is 0 Å². The maximum absolute atomic E-state index is 12.5. The zero-order valence-electron chi connectivity index (χ0n) is 14.4. The molecule has 0 aliphatic rings. The molecule has 1 heterocycles. The van der Waals surface area contributed by atoms with Crippen molar-refractivity contribution in [2.75, 3.05) is 6.61 Å². The number of hydrogen-bond donors (Lipinski definition) is 0. The van der Waals surface area contributed by atoms with Crippen LogP contribution in [0.3, 0.4) is 0 Å². The minimum Gasteiger partial charge on any atom is -0.485 e. The normalized spacial score (nSPS) is 11.5. The zero-order valence-corrected chi connectivity index (χ0v) is 14.4. The second-order valence-electron chi connectivity index (χ2n) is 6.82. The molecule has 22 heavy (non-hydrogen) atoms. The van der Waals surface area contributed by atoms with E-state index in [0.717, 1.165) is 22.7 Å². The highest BCUT2D eigenvalue weighted by molar-refractivity contribution is 5.98. The monoisotopic (exact) mass is 299 g/mol. The van der Waals surface area contributed by atoms with Gasteiger partial charge in [0.15, 0.2) is 6.61 Å². The Hall–Kier alpha value is -2.03. The van der Waals surface area contributed by atoms with Crippen LogP contribution in [0.4, 0.5) is 0 Å². The first-order valence-corrected chi connectivity index (χ1v) is 7.62. The lowest BCUT2D eigenvalue weighted by Crippen LogP contribution is -2.24. The van der Waals surface area contributed by atoms with E-state index in [2.05, 4.69) is 25.3 Å². The highest BCUT2D eigenvalue weighted by Gasteiger charge is 2.22. The third kappa shape index (κ3) is 3.41. The first kappa shape index (κ1) is 16.3. The van der Waals surface area contributed by atoms with Crippen molar-refractivity contribution >= 4 is 5.78 Å². The van der Waals surface area contributed by atoms with E-state index >= 15 is 0 Å². The smallest absolute Gasteiger partial charge is 0.202 e. The van der Waals surface area contributed by atoms with Gasteiger partial charge in [0.25, 0.3) is 0 Å². The summed E-state index contributed by atoms with van der Waals surface area (Å²) >= 11 is 0. The Morgan fingerprint density at radius 3 is 2.18 bits per heavy atom. The Morgan fingerprint density at radius 1 is 1.09 bits per heavy atom. The molecule has 0 spiro atoms. The van der Waals surface area contributed by atoms with Gasteiger partial charge in [-0.25, -0.2) is 0 Å². The van der Waals surface area contributed by atoms with E-state index in [-0.39, 0.29) is 17.9 Å². The number of ether oxygens (including phenoxy) is 1. The highest BCUT2D eigenvalue weighted by Crippen LogP contribution is 2.25. The maximum atomic E-state index is 12.5. The standard InChI is InChI=1S/C19H25NO2/c1-13-7-9-16(10-8-13)22-12-18(21)17-11-14(2)20(15(17)3)19(4,5)6/h7-11H,12H2,1-6H3. The van der Waals surface area contributed by atoms with Gasteiger partial charge < -0.3 is 9.30 Å². The molecule has 0 radical (unpaired) electrons. The predicted octanol–water partition coefficient (Wildman–Crippen LogP) is 4.43. The van der Waals surface area contributed by atoms with E-state index in [4.69, 9.17) is 4.74 Å². The van der Waals surface area contributed by atoms with Crippen LogP contribution >= 0.6 is 0 Å². The molecule has 0 saturated carbocycles. The number of carbonyl (C=O) groups is 1. The Labute approximate surface area is 132 Å². The second-order valence-corrected chi connectivity index (χ2v) is 6.82. The molecule has 1 aromatic carbocycles. The third-order valence-corrected chi connectivity index (χ3v) is 3.79. The number of nitrogens with zero attached hydrogens (tertiary/aromatic N) is 1. The van der Waals surface area contributed by atoms with E-state index in [1.165, 1.54) is 5.56 Å². The summed E-state index contributed by atoms with van der Waals surface area (Å²) in [6.45, 7) is 12.6. The lowest BCUT2D eigenvalue weighted by molar-refractivity contribution is 0.0920. The molecule has 2 rings (SSSR count). The van der Waals surface area contributed by atoms with Gasteiger partial charge in [-0.2, -0.15) is 0 Å². The number of Topliss-reactive ketones (excluding diaryl/α,β-unsaturated/α-hetero) is 1. The molecular weight excluding hydrogens is 274 g/mol. The van der Waals surface area contributed by atoms with E-state index in [1.807, 2.05) is 51.1 Å². The van der Waals surface area contributed by atoms with Crippen LogP contribution in [0.5, 0.6) is 5.75 Å². The number of ketones is 1. The van der Waals surface area contributed by atoms with Gasteiger partial charge in [-0.05, 0) is 59.7 Å². The van der Waals surface area contributed by atoms with Gasteiger partial charge in [-0.3, -0.25) is 4.79 Å². The molecular formula is C19H25NO2. The molecule has 0 saturated heterocycles. The fraction of sp³-hybridized carbons (Fsp3) is 0.421. The van der Waals surface area contributed by atoms with Crippen molar-refractivity contribution in [3.05, 3.63) is 52.8 Å². The summed E-state index contributed by atoms with van der Waals surface area (Å²) < 4.78 is 7.81. The van der Waals surface area contributed by atoms with Crippen LogP contribution in [0.1, 0.15) is 48.1 Å². The average molecular weight is 299 g/mol. The first-order valence-electron chi connectivity index (χ1n) is 7.62. The van der Waals surface area contributed by atoms with Crippen LogP contribution in [0, 0.1) is 20.8 Å². The number of aryl methyl sites for hydroxylation is 2. The SMILES string of the molecule is Cc1ccc(OCC(=O)c2cc(C)n(C(C)(C)C)c2C)cc1. The van der Waals surface area contributed by atoms with Crippen molar-refractivity contribution in [1.82, 2.24) is 4.57 Å². The molecule has 0 N–H and O–H groups in total. The topological polar surface area (TPSA) is 31.2 Å². The summed E-state index contributed by atoms with van der Waals surface area (Å²) in [5.74, 6) is 0.743. The van der Waals surface area contributed by atoms with Crippen LogP contribution in [0.2, 0.25) is 0 Å². The highest BCUT2D eigenvalue weighted by atomic mass is 16.5. The zero-order chi connectivity index (χ0) is 16.5. The predicted molar refractivity (Wildman–Crippen MR) is 89.9 cm³/mol. The molecule has 0 unspecified atom stereocenters. The molecule has 0 bridgehead atoms. The van der Waals surface area contributed by atoms with Crippen molar-refractivity contribution in [2.45, 2.75) is 47.1 Å². The van der Waals surface area contributed by atoms with Crippen LogP contribution < -0.4 is 4.74 Å². The number of aromatic nitrogens is 1. The van der Waals surface area contributed by atoms with Crippen LogP contribution in [0.15, 0.2) is 30.3 Å². The van der Waals surface area contributed by atoms with Crippen molar-refractivity contribution < 1.29 is 9.53 Å². The molecule has 0 aliphatic heterocycles. The molecule has 0 fully saturated rings. The minimum absolute atomic E-state index is 0.0178. The van der Waals surface area contributed by atoms with Gasteiger partial charge in [0.2, 0.25) is 5.78 Å². The van der Waals surface area contributed by atoms with E-state index in [0.29, 0.717) is 0 Å². The number of benzene rings is 1. The third-order valence-electron chi connectivity index (χ3n) is 3.79. The van der Waals surface area contributed by atoms with Crippen molar-refractivity contribution in [2.24, 2.45) is 0 Å². The van der Waals surface area contributed by atoms with E-state index in [1.54, 1.807) is 0 Å². The van der Waals surface area contributed by atoms with Crippen molar-refractivity contribution in [1.29, 1.82) is 0 Å². The maximum Gasteiger partial charge on any atom is 0.202 e. The van der Waals surface area contributed by atoms with Crippen LogP contribution in [-0.2, 0) is 5.54 Å². The summed E-state index contributed by atoms with van der Waals surface area (Å²) in [6, 6.07) is 9.69. The Kier molecular flexibility index (Phi) is 4.45. The minimum atomic E-state index is -0.0372. The molecule has 0 aliphatic carbocycles. The molecule has 0 atom stereocenters. The Morgan fingerprint density at radius 2 is 1.68 bits per heavy atom. The average Bonchev–Trinajstić information content (AvgIpc) is 2.72. The summed E-state index contributed by atoms with van der Waals surface area (Å²) in [6.07, 6.45) is 0. The molecule has 0 amide bonds. The van der Waals surface area contributed by atoms with Crippen molar-refractivity contribution in [3.8, 4) is 5.75 Å². The molecule has 2 aromatic rings. The summed E-state index contributed by atoms with van der Waals surface area (Å²) in [5.41, 5.74) is 3.99. The van der Waals surface area contributed by atoms with Gasteiger partial charge in [0, 0.05) is 22.5 Å². The van der Waals surface area contributed by atoms with Crippen LogP contribution in [0.25, 0.3) is 0 Å². The molecule has 118 valence electrons. The molecule has 3 nitrogen and oxygen atoms in total. The number of rotatable bonds is 4. The largest absolute Gasteiger partial charge is 0.485 e. The first-order chi connectivity index (χ1) is 10.2. The van der Waals surface area contributed by atoms with E-state index < -0.39 is 0 Å². The lowest BCUT2D eigenvalue weighted by Gasteiger charge is -2.25. The Bertz CT molecular complexity index is 673. The summed E-state index contributed by atoms with van der Waals surface area (Å²) in [7, 11) is 0. The second kappa shape index (κ2) is 5.99. The van der Waals surface area contributed by atoms with Gasteiger partial charge in [-0.15, -0.1) is 0 Å². The van der Waals surface area contributed by atoms with Gasteiger partial charge in [0.1, 0.15) is 5.75 Å². The summed E-state index contributed by atoms with van der Waals surface area (Å²) in [5, 5.41) is 0. The summed E-state index contributed by atoms with van der Waals surface area (Å²) in [4.78, 5) is 12.5. The number of carbonyl (C=O) groups excluding carboxylic acids is 1. The quantitative estimate of drug-likeness (QED) is 0.782. The van der Waals surface area contributed by atoms with E-state index in [9.17, 15) is 4.79 Å². The fourth-order valence-electron chi connectivity index (χ4n) is 2.94. The lowest BCUT2D eigenvalue weighted by atomic mass is 10.1. The molecule has 3 heteroatoms. The Balaban J connectivity index is 2.15. The van der Waals surface area contributed by atoms with Gasteiger partial charge in [-0.1, -0.05) is 17.7 Å². The number of hydrogen-bond acceptors (Lipinski definition) is 2.